The summed E-state index contributed by atoms with van der Waals surface area (Å²) in [5.74, 6) is -0.654. The molecule has 180 valence electrons. The maximum atomic E-state index is 12.6. The summed E-state index contributed by atoms with van der Waals surface area (Å²) < 4.78 is 6.58. The quantitative estimate of drug-likeness (QED) is 0.299. The van der Waals surface area contributed by atoms with Gasteiger partial charge in [0.2, 0.25) is 0 Å². The summed E-state index contributed by atoms with van der Waals surface area (Å²) in [6.45, 7) is 1.96. The number of nitrogens with one attached hydrogen (secondary N) is 2. The Hall–Kier alpha value is -3.79. The lowest BCUT2D eigenvalue weighted by atomic mass is 9.77. The van der Waals surface area contributed by atoms with Crippen LogP contribution >= 0.6 is 11.3 Å². The normalized spacial score (nSPS) is 17.9. The molecule has 0 radical (unpaired) electrons. The third-order valence-corrected chi connectivity index (χ3v) is 7.27. The average Bonchev–Trinajstić information content (AvgIpc) is 3.45. The maximum Gasteiger partial charge on any atom is 0.320 e. The van der Waals surface area contributed by atoms with Gasteiger partial charge in [-0.05, 0) is 80.3 Å². The van der Waals surface area contributed by atoms with Gasteiger partial charge in [-0.3, -0.25) is 9.59 Å². The number of hydrogen-bond donors (Lipinski definition) is 3. The van der Waals surface area contributed by atoms with E-state index in [1.807, 2.05) is 49.4 Å². The molecule has 1 saturated carbocycles. The average molecular weight is 492 g/mol. The van der Waals surface area contributed by atoms with Gasteiger partial charge in [0.15, 0.2) is 0 Å². The van der Waals surface area contributed by atoms with E-state index >= 15 is 0 Å². The second-order valence-electron chi connectivity index (χ2n) is 8.84. The largest absolute Gasteiger partial charge is 0.481 e. The van der Waals surface area contributed by atoms with Crippen LogP contribution in [0.3, 0.4) is 0 Å². The number of fused-ring (bicyclic) bond motifs is 1. The first-order valence-corrected chi connectivity index (χ1v) is 12.4. The van der Waals surface area contributed by atoms with Crippen molar-refractivity contribution >= 4 is 50.8 Å². The zero-order valence-electron chi connectivity index (χ0n) is 19.2. The van der Waals surface area contributed by atoms with Gasteiger partial charge in [0, 0.05) is 17.8 Å². The highest BCUT2D eigenvalue weighted by Crippen LogP contribution is 2.37. The first-order valence-electron chi connectivity index (χ1n) is 11.5. The molecular formula is C25H25N5O4S. The first-order chi connectivity index (χ1) is 16.9. The molecule has 1 aliphatic rings. The molecule has 0 aliphatic heterocycles. The number of rotatable bonds is 7. The van der Waals surface area contributed by atoms with Gasteiger partial charge in [-0.15, -0.1) is 16.4 Å². The highest BCUT2D eigenvalue weighted by Gasteiger charge is 2.24. The molecule has 0 bridgehead atoms. The van der Waals surface area contributed by atoms with Crippen LogP contribution in [0.2, 0.25) is 0 Å². The molecule has 9 nitrogen and oxygen atoms in total. The van der Waals surface area contributed by atoms with E-state index in [0.29, 0.717) is 11.6 Å². The molecule has 2 aromatic heterocycles. The van der Waals surface area contributed by atoms with E-state index in [0.717, 1.165) is 46.6 Å². The molecule has 4 aromatic rings. The summed E-state index contributed by atoms with van der Waals surface area (Å²) in [5.41, 5.74) is 3.46. The SMILES string of the molecule is Cc1nc2cc(Nc3nnc(C(=O)Nc4ccc([C@H]5CC[C@H](CC(=O)O)CC5)cc4)o3)ccc2s1. The first kappa shape index (κ1) is 23.0. The second-order valence-corrected chi connectivity index (χ2v) is 10.1. The molecule has 3 N–H and O–H groups in total. The van der Waals surface area contributed by atoms with Crippen molar-refractivity contribution in [3.8, 4) is 0 Å². The number of aromatic nitrogens is 3. The van der Waals surface area contributed by atoms with Gasteiger partial charge in [-0.25, -0.2) is 4.98 Å². The minimum atomic E-state index is -0.718. The number of amides is 1. The molecular weight excluding hydrogens is 466 g/mol. The topological polar surface area (TPSA) is 130 Å². The standard InChI is InChI=1S/C25H25N5O4S/c1-14-26-20-13-19(10-11-21(20)35-14)28-25-30-29-24(34-25)23(33)27-18-8-6-17(7-9-18)16-4-2-15(3-5-16)12-22(31)32/h6-11,13,15-16H,2-5,12H2,1H3,(H,27,33)(H,28,30)(H,31,32)/t15-,16-. The van der Waals surface area contributed by atoms with Gasteiger partial charge < -0.3 is 20.2 Å². The minimum absolute atomic E-state index is 0.121. The Morgan fingerprint density at radius 2 is 1.80 bits per heavy atom. The van der Waals surface area contributed by atoms with E-state index in [4.69, 9.17) is 9.52 Å². The monoisotopic (exact) mass is 491 g/mol. The molecule has 0 spiro atoms. The second kappa shape index (κ2) is 9.83. The van der Waals surface area contributed by atoms with Crippen molar-refractivity contribution < 1.29 is 19.1 Å². The number of benzene rings is 2. The Morgan fingerprint density at radius 1 is 1.06 bits per heavy atom. The molecule has 2 heterocycles. The van der Waals surface area contributed by atoms with Crippen LogP contribution in [0.15, 0.2) is 46.9 Å². The number of carboxylic acid groups (broad SMARTS) is 1. The van der Waals surface area contributed by atoms with Gasteiger partial charge in [0.25, 0.3) is 0 Å². The van der Waals surface area contributed by atoms with Crippen molar-refractivity contribution in [2.24, 2.45) is 5.92 Å². The molecule has 2 aromatic carbocycles. The van der Waals surface area contributed by atoms with Crippen LogP contribution in [-0.2, 0) is 4.79 Å². The van der Waals surface area contributed by atoms with Crippen LogP contribution in [0.4, 0.5) is 17.4 Å². The molecule has 35 heavy (non-hydrogen) atoms. The van der Waals surface area contributed by atoms with Crippen LogP contribution in [0.25, 0.3) is 10.2 Å². The number of anilines is 3. The molecule has 5 rings (SSSR count). The van der Waals surface area contributed by atoms with E-state index in [1.165, 1.54) is 5.56 Å². The Bertz CT molecular complexity index is 1360. The fourth-order valence-corrected chi connectivity index (χ4v) is 5.39. The number of nitrogens with zero attached hydrogens (tertiary/aromatic N) is 3. The van der Waals surface area contributed by atoms with E-state index in [1.54, 1.807) is 11.3 Å². The summed E-state index contributed by atoms with van der Waals surface area (Å²) in [7, 11) is 0. The van der Waals surface area contributed by atoms with Gasteiger partial charge in [-0.1, -0.05) is 17.2 Å². The Balaban J connectivity index is 1.17. The maximum absolute atomic E-state index is 12.6. The molecule has 1 aliphatic carbocycles. The van der Waals surface area contributed by atoms with Crippen LogP contribution < -0.4 is 10.6 Å². The fourth-order valence-electron chi connectivity index (χ4n) is 4.58. The zero-order chi connectivity index (χ0) is 24.4. The third-order valence-electron chi connectivity index (χ3n) is 6.32. The number of carboxylic acids is 1. The van der Waals surface area contributed by atoms with Gasteiger partial charge in [0.1, 0.15) is 0 Å². The zero-order valence-corrected chi connectivity index (χ0v) is 20.0. The molecule has 1 amide bonds. The molecule has 10 heteroatoms. The van der Waals surface area contributed by atoms with Crippen molar-refractivity contribution in [1.29, 1.82) is 0 Å². The van der Waals surface area contributed by atoms with Crippen molar-refractivity contribution in [2.45, 2.75) is 44.9 Å². The van der Waals surface area contributed by atoms with Gasteiger partial charge in [-0.2, -0.15) is 0 Å². The molecule has 0 unspecified atom stereocenters. The van der Waals surface area contributed by atoms with E-state index in [9.17, 15) is 9.59 Å². The van der Waals surface area contributed by atoms with E-state index < -0.39 is 11.9 Å². The predicted octanol–water partition coefficient (Wildman–Crippen LogP) is 5.73. The molecule has 0 atom stereocenters. The highest BCUT2D eigenvalue weighted by atomic mass is 32.1. The fraction of sp³-hybridized carbons (Fsp3) is 0.320. The van der Waals surface area contributed by atoms with Crippen LogP contribution in [0, 0.1) is 12.8 Å². The molecule has 0 saturated heterocycles. The smallest absolute Gasteiger partial charge is 0.320 e. The lowest BCUT2D eigenvalue weighted by Crippen LogP contribution is -2.16. The van der Waals surface area contributed by atoms with Crippen LogP contribution in [0.5, 0.6) is 0 Å². The van der Waals surface area contributed by atoms with Gasteiger partial charge in [0.05, 0.1) is 15.2 Å². The van der Waals surface area contributed by atoms with E-state index in [-0.39, 0.29) is 24.2 Å². The Kier molecular flexibility index (Phi) is 6.45. The lowest BCUT2D eigenvalue weighted by Gasteiger charge is -2.28. The lowest BCUT2D eigenvalue weighted by molar-refractivity contribution is -0.138. The Labute approximate surface area is 205 Å². The summed E-state index contributed by atoms with van der Waals surface area (Å²) in [6, 6.07) is 13.6. The summed E-state index contributed by atoms with van der Waals surface area (Å²) in [4.78, 5) is 28.0. The summed E-state index contributed by atoms with van der Waals surface area (Å²) in [5, 5.41) is 23.5. The number of hydrogen-bond acceptors (Lipinski definition) is 8. The number of carbonyl (C=O) groups excluding carboxylic acids is 1. The van der Waals surface area contributed by atoms with Crippen LogP contribution in [0.1, 0.15) is 59.3 Å². The van der Waals surface area contributed by atoms with Crippen molar-refractivity contribution in [3.05, 3.63) is 58.9 Å². The van der Waals surface area contributed by atoms with E-state index in [2.05, 4.69) is 25.8 Å². The number of aryl methyl sites for hydroxylation is 1. The van der Waals surface area contributed by atoms with Crippen molar-refractivity contribution in [2.75, 3.05) is 10.6 Å². The number of aliphatic carboxylic acids is 1. The number of carbonyl (C=O) groups is 2. The summed E-state index contributed by atoms with van der Waals surface area (Å²) in [6.07, 6.45) is 4.08. The Morgan fingerprint density at radius 3 is 2.54 bits per heavy atom. The molecule has 1 fully saturated rings. The van der Waals surface area contributed by atoms with Crippen LogP contribution in [-0.4, -0.2) is 32.2 Å². The van der Waals surface area contributed by atoms with Crippen molar-refractivity contribution in [1.82, 2.24) is 15.2 Å². The third kappa shape index (κ3) is 5.48. The van der Waals surface area contributed by atoms with Gasteiger partial charge >= 0.3 is 23.8 Å². The minimum Gasteiger partial charge on any atom is -0.481 e. The van der Waals surface area contributed by atoms with Crippen molar-refractivity contribution in [3.63, 3.8) is 0 Å². The highest BCUT2D eigenvalue weighted by molar-refractivity contribution is 7.18. The number of thiazole rings is 1. The summed E-state index contributed by atoms with van der Waals surface area (Å²) >= 11 is 1.62. The predicted molar refractivity (Wildman–Crippen MR) is 133 cm³/mol.